The first kappa shape index (κ1) is 9.21. The normalized spacial score (nSPS) is 10.7. The first-order valence-electron chi connectivity index (χ1n) is 4.03. The number of nitrogens with two attached hydrogens (primary N) is 1. The van der Waals surface area contributed by atoms with Gasteiger partial charge in [-0.25, -0.2) is 4.52 Å². The van der Waals surface area contributed by atoms with Gasteiger partial charge >= 0.3 is 0 Å². The lowest BCUT2D eigenvalue weighted by atomic mass is 10.1. The number of hydrogen-bond donors (Lipinski definition) is 1. The topological polar surface area (TPSA) is 60.4 Å². The molecule has 0 saturated carbocycles. The van der Waals surface area contributed by atoms with Crippen molar-refractivity contribution in [2.75, 3.05) is 0 Å². The quantitative estimate of drug-likeness (QED) is 0.838. The maximum atomic E-state index is 11.0. The highest BCUT2D eigenvalue weighted by molar-refractivity contribution is 9.10. The van der Waals surface area contributed by atoms with E-state index in [-0.39, 0.29) is 0 Å². The van der Waals surface area contributed by atoms with Gasteiger partial charge in [0.2, 0.25) is 0 Å². The first-order chi connectivity index (χ1) is 6.59. The second-order valence-electron chi connectivity index (χ2n) is 3.04. The molecule has 0 aliphatic heterocycles. The third-order valence-corrected chi connectivity index (χ3v) is 2.57. The molecule has 0 aliphatic carbocycles. The van der Waals surface area contributed by atoms with Gasteiger partial charge in [0.1, 0.15) is 0 Å². The number of halogens is 1. The van der Waals surface area contributed by atoms with Crippen LogP contribution in [0.5, 0.6) is 0 Å². The van der Waals surface area contributed by atoms with Crippen molar-refractivity contribution < 1.29 is 4.79 Å². The fraction of sp³-hybridized carbons (Fsp3) is 0.111. The van der Waals surface area contributed by atoms with E-state index in [0.717, 1.165) is 15.6 Å². The lowest BCUT2D eigenvalue weighted by Crippen LogP contribution is -2.14. The molecule has 0 aromatic carbocycles. The maximum Gasteiger partial charge on any atom is 0.250 e. The number of carbonyl (C=O) groups is 1. The van der Waals surface area contributed by atoms with Crippen molar-refractivity contribution >= 4 is 27.4 Å². The third-order valence-electron chi connectivity index (χ3n) is 2.13. The van der Waals surface area contributed by atoms with E-state index >= 15 is 0 Å². The Morgan fingerprint density at radius 3 is 3.00 bits per heavy atom. The van der Waals surface area contributed by atoms with Gasteiger partial charge in [0, 0.05) is 10.7 Å². The Kier molecular flexibility index (Phi) is 2.03. The van der Waals surface area contributed by atoms with E-state index in [0.29, 0.717) is 5.56 Å². The van der Waals surface area contributed by atoms with Crippen molar-refractivity contribution in [2.24, 2.45) is 5.73 Å². The van der Waals surface area contributed by atoms with Crippen LogP contribution in [0, 0.1) is 6.92 Å². The number of rotatable bonds is 1. The summed E-state index contributed by atoms with van der Waals surface area (Å²) in [7, 11) is 0. The van der Waals surface area contributed by atoms with Gasteiger partial charge in [0.25, 0.3) is 5.91 Å². The molecule has 0 bridgehead atoms. The monoisotopic (exact) mass is 253 g/mol. The Hall–Kier alpha value is -1.36. The SMILES string of the molecule is Cc1c(C(N)=O)cnn2cc(Br)cc12. The summed E-state index contributed by atoms with van der Waals surface area (Å²) < 4.78 is 2.63. The Balaban J connectivity index is 2.80. The lowest BCUT2D eigenvalue weighted by molar-refractivity contribution is 0.0999. The zero-order valence-electron chi connectivity index (χ0n) is 7.49. The van der Waals surface area contributed by atoms with Gasteiger partial charge in [-0.3, -0.25) is 4.79 Å². The number of carbonyl (C=O) groups excluding carboxylic acids is 1. The van der Waals surface area contributed by atoms with Crippen LogP contribution in [0.3, 0.4) is 0 Å². The van der Waals surface area contributed by atoms with Crippen LogP contribution < -0.4 is 5.73 Å². The molecule has 0 spiro atoms. The molecule has 1 amide bonds. The van der Waals surface area contributed by atoms with Gasteiger partial charge in [0.15, 0.2) is 0 Å². The van der Waals surface area contributed by atoms with Gasteiger partial charge in [-0.2, -0.15) is 5.10 Å². The number of nitrogens with zero attached hydrogens (tertiary/aromatic N) is 2. The van der Waals surface area contributed by atoms with Crippen molar-refractivity contribution in [1.82, 2.24) is 9.61 Å². The highest BCUT2D eigenvalue weighted by atomic mass is 79.9. The number of amides is 1. The molecule has 4 nitrogen and oxygen atoms in total. The van der Waals surface area contributed by atoms with Gasteiger partial charge in [0.05, 0.1) is 17.3 Å². The summed E-state index contributed by atoms with van der Waals surface area (Å²) in [4.78, 5) is 11.0. The van der Waals surface area contributed by atoms with Gasteiger partial charge in [-0.05, 0) is 34.5 Å². The average molecular weight is 254 g/mol. The highest BCUT2D eigenvalue weighted by Gasteiger charge is 2.09. The minimum atomic E-state index is -0.449. The smallest absolute Gasteiger partial charge is 0.250 e. The zero-order chi connectivity index (χ0) is 10.3. The highest BCUT2D eigenvalue weighted by Crippen LogP contribution is 2.19. The van der Waals surface area contributed by atoms with Gasteiger partial charge in [-0.15, -0.1) is 0 Å². The molecule has 2 aromatic heterocycles. The number of aryl methyl sites for hydroxylation is 1. The predicted octanol–water partition coefficient (Wildman–Crippen LogP) is 1.50. The third kappa shape index (κ3) is 1.29. The molecular formula is C9H8BrN3O. The molecule has 2 aromatic rings. The Bertz CT molecular complexity index is 518. The van der Waals surface area contributed by atoms with E-state index in [9.17, 15) is 4.79 Å². The fourth-order valence-electron chi connectivity index (χ4n) is 1.40. The van der Waals surface area contributed by atoms with E-state index in [2.05, 4.69) is 21.0 Å². The summed E-state index contributed by atoms with van der Waals surface area (Å²) in [6, 6.07) is 1.90. The first-order valence-corrected chi connectivity index (χ1v) is 4.82. The van der Waals surface area contributed by atoms with E-state index in [1.165, 1.54) is 6.20 Å². The molecule has 0 radical (unpaired) electrons. The molecule has 2 N–H and O–H groups in total. The Labute approximate surface area is 88.8 Å². The lowest BCUT2D eigenvalue weighted by Gasteiger charge is -2.02. The molecule has 0 atom stereocenters. The summed E-state index contributed by atoms with van der Waals surface area (Å²) in [6.07, 6.45) is 3.31. The zero-order valence-corrected chi connectivity index (χ0v) is 9.08. The van der Waals surface area contributed by atoms with E-state index in [1.54, 1.807) is 4.52 Å². The van der Waals surface area contributed by atoms with Crippen LogP contribution >= 0.6 is 15.9 Å². The van der Waals surface area contributed by atoms with Crippen LogP contribution in [-0.2, 0) is 0 Å². The number of hydrogen-bond acceptors (Lipinski definition) is 2. The summed E-state index contributed by atoms with van der Waals surface area (Å²) in [5.41, 5.74) is 7.40. The van der Waals surface area contributed by atoms with Gasteiger partial charge < -0.3 is 5.73 Å². The summed E-state index contributed by atoms with van der Waals surface area (Å²) in [5, 5.41) is 4.07. The summed E-state index contributed by atoms with van der Waals surface area (Å²) >= 11 is 3.34. The number of fused-ring (bicyclic) bond motifs is 1. The minimum Gasteiger partial charge on any atom is -0.366 e. The van der Waals surface area contributed by atoms with Crippen molar-refractivity contribution in [3.63, 3.8) is 0 Å². The molecule has 0 saturated heterocycles. The molecule has 72 valence electrons. The molecule has 0 aliphatic rings. The maximum absolute atomic E-state index is 11.0. The molecule has 0 unspecified atom stereocenters. The standard InChI is InChI=1S/C9H8BrN3O/c1-5-7(9(11)14)3-12-13-4-6(10)2-8(5)13/h2-4H,1H3,(H2,11,14). The van der Waals surface area contributed by atoms with Crippen molar-refractivity contribution in [3.05, 3.63) is 34.1 Å². The minimum absolute atomic E-state index is 0.449. The number of aromatic nitrogens is 2. The van der Waals surface area contributed by atoms with Crippen molar-refractivity contribution in [3.8, 4) is 0 Å². The summed E-state index contributed by atoms with van der Waals surface area (Å²) in [6.45, 7) is 1.85. The van der Waals surface area contributed by atoms with Crippen LogP contribution in [0.4, 0.5) is 0 Å². The molecule has 5 heteroatoms. The second kappa shape index (κ2) is 3.09. The van der Waals surface area contributed by atoms with E-state index in [4.69, 9.17) is 5.73 Å². The molecule has 2 rings (SSSR count). The van der Waals surface area contributed by atoms with Gasteiger partial charge in [-0.1, -0.05) is 0 Å². The average Bonchev–Trinajstić information content (AvgIpc) is 2.46. The van der Waals surface area contributed by atoms with E-state index in [1.807, 2.05) is 19.2 Å². The fourth-order valence-corrected chi connectivity index (χ4v) is 1.81. The van der Waals surface area contributed by atoms with Crippen molar-refractivity contribution in [1.29, 1.82) is 0 Å². The second-order valence-corrected chi connectivity index (χ2v) is 3.95. The molecule has 14 heavy (non-hydrogen) atoms. The Morgan fingerprint density at radius 1 is 1.64 bits per heavy atom. The largest absolute Gasteiger partial charge is 0.366 e. The van der Waals surface area contributed by atoms with Crippen LogP contribution in [-0.4, -0.2) is 15.5 Å². The van der Waals surface area contributed by atoms with Crippen LogP contribution in [0.25, 0.3) is 5.52 Å². The Morgan fingerprint density at radius 2 is 2.36 bits per heavy atom. The summed E-state index contributed by atoms with van der Waals surface area (Å²) in [5.74, 6) is -0.449. The van der Waals surface area contributed by atoms with E-state index < -0.39 is 5.91 Å². The molecular weight excluding hydrogens is 246 g/mol. The molecule has 2 heterocycles. The van der Waals surface area contributed by atoms with Crippen molar-refractivity contribution in [2.45, 2.75) is 6.92 Å². The van der Waals surface area contributed by atoms with Crippen LogP contribution in [0.2, 0.25) is 0 Å². The number of primary amides is 1. The predicted molar refractivity (Wildman–Crippen MR) is 56.1 cm³/mol. The van der Waals surface area contributed by atoms with Crippen LogP contribution in [0.1, 0.15) is 15.9 Å². The van der Waals surface area contributed by atoms with Crippen LogP contribution in [0.15, 0.2) is 22.9 Å². The molecule has 0 fully saturated rings.